The molecule has 2 saturated heterocycles. The number of rotatable bonds is 15. The van der Waals surface area contributed by atoms with E-state index < -0.39 is 0 Å². The normalized spacial score (nSPS) is 14.8. The van der Waals surface area contributed by atoms with Crippen molar-refractivity contribution in [2.45, 2.75) is 58.2 Å². The molecule has 2 aliphatic rings. The first-order chi connectivity index (χ1) is 27.0. The fourth-order valence-electron chi connectivity index (χ4n) is 7.47. The second-order valence-corrected chi connectivity index (χ2v) is 13.9. The van der Waals surface area contributed by atoms with Gasteiger partial charge in [-0.15, -0.1) is 24.8 Å². The molecule has 0 bridgehead atoms. The third-order valence-electron chi connectivity index (χ3n) is 10.3. The van der Waals surface area contributed by atoms with E-state index in [1.165, 1.54) is 5.56 Å². The minimum Gasteiger partial charge on any atom is -0.497 e. The lowest BCUT2D eigenvalue weighted by Gasteiger charge is -2.47. The van der Waals surface area contributed by atoms with E-state index in [0.29, 0.717) is 25.1 Å². The number of hydrogen-bond acceptors (Lipinski definition) is 12. The average Bonchev–Trinajstić information content (AvgIpc) is 3.24. The van der Waals surface area contributed by atoms with Crippen LogP contribution in [-0.2, 0) is 6.54 Å². The molecule has 7 rings (SSSR count). The SMILES string of the molecule is CCOc1cc(CN2CCC(N(c3ncc(-c4ccc(OC)cc4)cn3)N(c3ncc(-c4ccc(OC)cc4)cn3)C3CCNCC3)CC2)cc(OCC)c1.Cl.Cl. The Morgan fingerprint density at radius 1 is 0.579 bits per heavy atom. The zero-order valence-corrected chi connectivity index (χ0v) is 34.8. The summed E-state index contributed by atoms with van der Waals surface area (Å²) in [6.45, 7) is 9.70. The van der Waals surface area contributed by atoms with Crippen molar-refractivity contribution in [1.29, 1.82) is 0 Å². The number of nitrogens with zero attached hydrogens (tertiary/aromatic N) is 7. The molecule has 0 atom stereocenters. The van der Waals surface area contributed by atoms with Crippen molar-refractivity contribution in [3.8, 4) is 45.3 Å². The topological polar surface area (TPSA) is 110 Å². The van der Waals surface area contributed by atoms with Gasteiger partial charge in [-0.2, -0.15) is 0 Å². The highest BCUT2D eigenvalue weighted by molar-refractivity contribution is 5.85. The largest absolute Gasteiger partial charge is 0.497 e. The molecule has 2 aromatic heterocycles. The molecule has 0 saturated carbocycles. The van der Waals surface area contributed by atoms with Crippen molar-refractivity contribution in [2.75, 3.05) is 63.6 Å². The minimum absolute atomic E-state index is 0. The van der Waals surface area contributed by atoms with Crippen LogP contribution in [0.25, 0.3) is 22.3 Å². The molecule has 12 nitrogen and oxygen atoms in total. The van der Waals surface area contributed by atoms with Crippen LogP contribution >= 0.6 is 24.8 Å². The predicted octanol–water partition coefficient (Wildman–Crippen LogP) is 7.90. The van der Waals surface area contributed by atoms with Gasteiger partial charge in [0.15, 0.2) is 0 Å². The number of anilines is 2. The first-order valence-corrected chi connectivity index (χ1v) is 19.4. The highest BCUT2D eigenvalue weighted by atomic mass is 35.5. The molecule has 0 radical (unpaired) electrons. The van der Waals surface area contributed by atoms with Crippen LogP contribution in [0.15, 0.2) is 91.5 Å². The molecule has 4 heterocycles. The van der Waals surface area contributed by atoms with Gasteiger partial charge in [-0.3, -0.25) is 4.90 Å². The van der Waals surface area contributed by atoms with Crippen LogP contribution in [-0.4, -0.2) is 90.5 Å². The van der Waals surface area contributed by atoms with E-state index in [9.17, 15) is 0 Å². The van der Waals surface area contributed by atoms with E-state index >= 15 is 0 Å². The van der Waals surface area contributed by atoms with Crippen LogP contribution < -0.4 is 34.3 Å². The number of benzene rings is 3. The number of piperidine rings is 2. The van der Waals surface area contributed by atoms with Gasteiger partial charge in [0.25, 0.3) is 0 Å². The van der Waals surface area contributed by atoms with Crippen molar-refractivity contribution >= 4 is 36.7 Å². The number of aromatic nitrogens is 4. The Kier molecular flexibility index (Phi) is 16.0. The van der Waals surface area contributed by atoms with Gasteiger partial charge in [0.05, 0.1) is 39.5 Å². The summed E-state index contributed by atoms with van der Waals surface area (Å²) in [5.74, 6) is 4.60. The van der Waals surface area contributed by atoms with Crippen LogP contribution in [0, 0.1) is 0 Å². The maximum atomic E-state index is 5.88. The zero-order valence-electron chi connectivity index (χ0n) is 33.2. The standard InChI is InChI=1S/C43H52N8O4.2ClH/c1-5-54-40-23-31(24-41(25-40)55-6-2)30-49-21-17-37(18-22-49)51(43-47-28-35(29-48-43)33-9-13-39(53-4)14-10-33)50(36-15-19-44-20-16-36)42-45-26-34(27-46-42)32-7-11-38(52-3)12-8-32;;/h7-14,23-29,36-37,44H,5-6,15-22,30H2,1-4H3;2*1H. The number of hydrazine groups is 1. The van der Waals surface area contributed by atoms with Crippen molar-refractivity contribution in [2.24, 2.45) is 0 Å². The summed E-state index contributed by atoms with van der Waals surface area (Å²) >= 11 is 0. The summed E-state index contributed by atoms with van der Waals surface area (Å²) in [6, 6.07) is 22.5. The molecular formula is C43H54Cl2N8O4. The first-order valence-electron chi connectivity index (χ1n) is 19.4. The number of methoxy groups -OCH3 is 2. The predicted molar refractivity (Wildman–Crippen MR) is 230 cm³/mol. The second kappa shape index (κ2) is 21.0. The van der Waals surface area contributed by atoms with Gasteiger partial charge in [0, 0.05) is 61.6 Å². The van der Waals surface area contributed by atoms with Crippen LogP contribution in [0.1, 0.15) is 45.1 Å². The van der Waals surface area contributed by atoms with E-state index in [1.807, 2.05) is 93.2 Å². The fraction of sp³-hybridized carbons (Fsp3) is 0.395. The molecule has 2 fully saturated rings. The summed E-state index contributed by atoms with van der Waals surface area (Å²) in [5.41, 5.74) is 5.13. The van der Waals surface area contributed by atoms with E-state index in [-0.39, 0.29) is 36.9 Å². The molecule has 2 aliphatic heterocycles. The van der Waals surface area contributed by atoms with Crippen molar-refractivity contribution < 1.29 is 18.9 Å². The molecule has 5 aromatic rings. The summed E-state index contributed by atoms with van der Waals surface area (Å²) < 4.78 is 22.5. The second-order valence-electron chi connectivity index (χ2n) is 13.9. The van der Waals surface area contributed by atoms with Crippen LogP contribution in [0.3, 0.4) is 0 Å². The van der Waals surface area contributed by atoms with Crippen LogP contribution in [0.4, 0.5) is 11.9 Å². The smallest absolute Gasteiger partial charge is 0.244 e. The molecule has 14 heteroatoms. The van der Waals surface area contributed by atoms with Crippen molar-refractivity contribution in [3.05, 3.63) is 97.1 Å². The Morgan fingerprint density at radius 2 is 1.00 bits per heavy atom. The number of ether oxygens (including phenoxy) is 4. The number of likely N-dealkylation sites (tertiary alicyclic amines) is 1. The summed E-state index contributed by atoms with van der Waals surface area (Å²) in [4.78, 5) is 22.7. The molecule has 0 aliphatic carbocycles. The number of halogens is 2. The molecule has 0 amide bonds. The summed E-state index contributed by atoms with van der Waals surface area (Å²) in [6.07, 6.45) is 11.4. The molecule has 304 valence electrons. The van der Waals surface area contributed by atoms with Gasteiger partial charge in [0.1, 0.15) is 23.0 Å². The van der Waals surface area contributed by atoms with Crippen molar-refractivity contribution in [3.63, 3.8) is 0 Å². The van der Waals surface area contributed by atoms with E-state index in [1.54, 1.807) is 14.2 Å². The Morgan fingerprint density at radius 3 is 1.40 bits per heavy atom. The van der Waals surface area contributed by atoms with Crippen LogP contribution in [0.5, 0.6) is 23.0 Å². The van der Waals surface area contributed by atoms with E-state index in [4.69, 9.17) is 38.9 Å². The zero-order chi connectivity index (χ0) is 38.0. The lowest BCUT2D eigenvalue weighted by Crippen LogP contribution is -2.59. The van der Waals surface area contributed by atoms with E-state index in [2.05, 4.69) is 32.4 Å². The first kappa shape index (κ1) is 43.2. The van der Waals surface area contributed by atoms with Gasteiger partial charge in [-0.25, -0.2) is 30.0 Å². The quantitative estimate of drug-likeness (QED) is 0.104. The molecular weight excluding hydrogens is 763 g/mol. The summed E-state index contributed by atoms with van der Waals surface area (Å²) in [7, 11) is 3.35. The average molecular weight is 818 g/mol. The third kappa shape index (κ3) is 10.7. The molecule has 1 N–H and O–H groups in total. The molecule has 0 unspecified atom stereocenters. The highest BCUT2D eigenvalue weighted by Gasteiger charge is 2.36. The Balaban J connectivity index is 0.00000310. The lowest BCUT2D eigenvalue weighted by atomic mass is 10.0. The van der Waals surface area contributed by atoms with Gasteiger partial charge >= 0.3 is 0 Å². The number of nitrogens with one attached hydrogen (secondary N) is 1. The Hall–Kier alpha value is -4.88. The molecule has 57 heavy (non-hydrogen) atoms. The monoisotopic (exact) mass is 816 g/mol. The fourth-order valence-corrected chi connectivity index (χ4v) is 7.47. The Bertz CT molecular complexity index is 1920. The molecule has 3 aromatic carbocycles. The third-order valence-corrected chi connectivity index (χ3v) is 10.3. The van der Waals surface area contributed by atoms with Crippen molar-refractivity contribution in [1.82, 2.24) is 30.2 Å². The summed E-state index contributed by atoms with van der Waals surface area (Å²) in [5, 5.41) is 8.14. The minimum atomic E-state index is 0. The van der Waals surface area contributed by atoms with Gasteiger partial charge in [-0.1, -0.05) is 24.3 Å². The maximum Gasteiger partial charge on any atom is 0.244 e. The van der Waals surface area contributed by atoms with E-state index in [0.717, 1.165) is 104 Å². The lowest BCUT2D eigenvalue weighted by molar-refractivity contribution is 0.196. The Labute approximate surface area is 348 Å². The molecule has 0 spiro atoms. The van der Waals surface area contributed by atoms with Gasteiger partial charge in [0.2, 0.25) is 11.9 Å². The number of hydrogen-bond donors (Lipinski definition) is 1. The maximum absolute atomic E-state index is 5.88. The van der Waals surface area contributed by atoms with Crippen LogP contribution in [0.2, 0.25) is 0 Å². The van der Waals surface area contributed by atoms with Gasteiger partial charge < -0.3 is 24.3 Å². The van der Waals surface area contributed by atoms with Gasteiger partial charge in [-0.05, 0) is 106 Å². The highest BCUT2D eigenvalue weighted by Crippen LogP contribution is 2.33.